The van der Waals surface area contributed by atoms with Crippen molar-refractivity contribution in [3.8, 4) is 0 Å². The number of rotatable bonds is 10. The summed E-state index contributed by atoms with van der Waals surface area (Å²) in [6.45, 7) is 8.32. The van der Waals surface area contributed by atoms with Gasteiger partial charge in [0.2, 0.25) is 5.95 Å². The molecule has 0 spiro atoms. The van der Waals surface area contributed by atoms with Gasteiger partial charge in [-0.1, -0.05) is 18.7 Å². The minimum atomic E-state index is 0.608. The Hall–Kier alpha value is -2.69. The molecule has 0 atom stereocenters. The molecule has 10 heteroatoms. The van der Waals surface area contributed by atoms with Gasteiger partial charge in [-0.3, -0.25) is 9.56 Å². The lowest BCUT2D eigenvalue weighted by Gasteiger charge is -2.10. The van der Waals surface area contributed by atoms with E-state index in [2.05, 4.69) is 38.3 Å². The van der Waals surface area contributed by atoms with E-state index < -0.39 is 0 Å². The Kier molecular flexibility index (Phi) is 13.7. The van der Waals surface area contributed by atoms with Gasteiger partial charge in [-0.2, -0.15) is 4.99 Å². The highest BCUT2D eigenvalue weighted by atomic mass is 32.2. The average molecular weight is 475 g/mol. The van der Waals surface area contributed by atoms with Gasteiger partial charge >= 0.3 is 0 Å². The number of nitrogens with zero attached hydrogens (tertiary/aromatic N) is 5. The number of aliphatic imine (C=N–C) groups is 1. The van der Waals surface area contributed by atoms with Crippen LogP contribution in [0.15, 0.2) is 50.2 Å². The summed E-state index contributed by atoms with van der Waals surface area (Å²) in [6, 6.07) is 10.2. The van der Waals surface area contributed by atoms with Crippen molar-refractivity contribution in [1.82, 2.24) is 25.3 Å². The topological polar surface area (TPSA) is 98.9 Å². The fourth-order valence-electron chi connectivity index (χ4n) is 2.50. The first-order chi connectivity index (χ1) is 15.8. The van der Waals surface area contributed by atoms with Crippen LogP contribution in [-0.4, -0.2) is 67.4 Å². The maximum atomic E-state index is 9.68. The van der Waals surface area contributed by atoms with Crippen LogP contribution in [0.5, 0.6) is 0 Å². The van der Waals surface area contributed by atoms with Gasteiger partial charge in [0.1, 0.15) is 22.6 Å². The van der Waals surface area contributed by atoms with E-state index in [1.165, 1.54) is 0 Å². The zero-order valence-electron chi connectivity index (χ0n) is 20.8. The maximum absolute atomic E-state index is 9.68. The normalized spacial score (nSPS) is 11.8. The number of nitrogens with one attached hydrogen (secondary N) is 3. The molecule has 3 N–H and O–H groups in total. The van der Waals surface area contributed by atoms with Gasteiger partial charge < -0.3 is 20.4 Å². The zero-order valence-corrected chi connectivity index (χ0v) is 21.7. The first kappa shape index (κ1) is 28.3. The van der Waals surface area contributed by atoms with E-state index in [4.69, 9.17) is 4.98 Å². The van der Waals surface area contributed by atoms with E-state index >= 15 is 0 Å². The fourth-order valence-corrected chi connectivity index (χ4v) is 3.30. The molecular formula is C23H38N8OS. The molecule has 0 aliphatic carbocycles. The van der Waals surface area contributed by atoms with Gasteiger partial charge in [-0.15, -0.1) is 0 Å². The number of benzene rings is 1. The lowest BCUT2D eigenvalue weighted by atomic mass is 10.3. The van der Waals surface area contributed by atoms with Crippen molar-refractivity contribution >= 4 is 35.5 Å². The lowest BCUT2D eigenvalue weighted by molar-refractivity contribution is -0.108. The van der Waals surface area contributed by atoms with Gasteiger partial charge in [0.25, 0.3) is 0 Å². The lowest BCUT2D eigenvalue weighted by Crippen LogP contribution is -2.35. The van der Waals surface area contributed by atoms with Crippen molar-refractivity contribution in [2.75, 3.05) is 46.1 Å². The highest BCUT2D eigenvalue weighted by Crippen LogP contribution is 2.27. The summed E-state index contributed by atoms with van der Waals surface area (Å²) in [6.07, 6.45) is 1.58. The Morgan fingerprint density at radius 2 is 1.94 bits per heavy atom. The second-order valence-electron chi connectivity index (χ2n) is 7.27. The molecule has 0 aliphatic rings. The van der Waals surface area contributed by atoms with E-state index in [1.54, 1.807) is 11.8 Å². The Bertz CT molecular complexity index is 938. The van der Waals surface area contributed by atoms with Crippen molar-refractivity contribution in [2.24, 2.45) is 17.0 Å². The molecule has 0 fully saturated rings. The van der Waals surface area contributed by atoms with Crippen LogP contribution < -0.4 is 21.7 Å². The molecule has 0 aliphatic heterocycles. The average Bonchev–Trinajstić information content (AvgIpc) is 2.80. The predicted molar refractivity (Wildman–Crippen MR) is 138 cm³/mol. The Labute approximate surface area is 201 Å². The molecule has 2 rings (SSSR count). The molecule has 0 saturated carbocycles. The van der Waals surface area contributed by atoms with Gasteiger partial charge in [-0.05, 0) is 52.2 Å². The van der Waals surface area contributed by atoms with Gasteiger partial charge in [0, 0.05) is 56.8 Å². The first-order valence-electron chi connectivity index (χ1n) is 11.0. The Morgan fingerprint density at radius 1 is 1.24 bits per heavy atom. The molecule has 182 valence electrons. The molecule has 1 aromatic heterocycles. The number of hydrogen-bond acceptors (Lipinski definition) is 8. The molecule has 0 unspecified atom stereocenters. The molecule has 9 nitrogen and oxygen atoms in total. The SMILES string of the molecule is CCN=c1cc(Sc2ccc(NC)cc2)nc(/N=C(\C)NNCC)n1C.CN(C)CCC=O. The first-order valence-corrected chi connectivity index (χ1v) is 11.8. The number of aromatic nitrogens is 2. The number of amidine groups is 1. The summed E-state index contributed by atoms with van der Waals surface area (Å²) >= 11 is 1.60. The summed E-state index contributed by atoms with van der Waals surface area (Å²) in [5.74, 6) is 1.36. The largest absolute Gasteiger partial charge is 0.388 e. The summed E-state index contributed by atoms with van der Waals surface area (Å²) in [7, 11) is 7.73. The number of aldehydes is 1. The summed E-state index contributed by atoms with van der Waals surface area (Å²) in [5, 5.41) is 3.99. The number of anilines is 1. The van der Waals surface area contributed by atoms with Crippen LogP contribution in [0, 0.1) is 0 Å². The monoisotopic (exact) mass is 474 g/mol. The van der Waals surface area contributed by atoms with Crippen LogP contribution >= 0.6 is 11.8 Å². The number of carbonyl (C=O) groups is 1. The zero-order chi connectivity index (χ0) is 24.6. The molecule has 2 aromatic rings. The molecule has 33 heavy (non-hydrogen) atoms. The molecule has 1 heterocycles. The third-order valence-corrected chi connectivity index (χ3v) is 5.13. The van der Waals surface area contributed by atoms with Crippen molar-refractivity contribution in [2.45, 2.75) is 37.1 Å². The quantitative estimate of drug-likeness (QED) is 0.160. The minimum absolute atomic E-state index is 0.608. The van der Waals surface area contributed by atoms with E-state index in [0.29, 0.717) is 18.9 Å². The van der Waals surface area contributed by atoms with Crippen molar-refractivity contribution < 1.29 is 4.79 Å². The molecule has 1 aromatic carbocycles. The van der Waals surface area contributed by atoms with E-state index in [0.717, 1.165) is 46.3 Å². The number of hydrogen-bond donors (Lipinski definition) is 3. The van der Waals surface area contributed by atoms with Gasteiger partial charge in [0.15, 0.2) is 0 Å². The highest BCUT2D eigenvalue weighted by molar-refractivity contribution is 7.99. The third kappa shape index (κ3) is 11.1. The van der Waals surface area contributed by atoms with Gasteiger partial charge in [-0.25, -0.2) is 10.4 Å². The third-order valence-electron chi connectivity index (χ3n) is 4.20. The number of hydrazine groups is 1. The van der Waals surface area contributed by atoms with E-state index in [-0.39, 0.29) is 0 Å². The van der Waals surface area contributed by atoms with Crippen molar-refractivity contribution in [1.29, 1.82) is 0 Å². The molecule has 0 saturated heterocycles. The summed E-state index contributed by atoms with van der Waals surface area (Å²) in [4.78, 5) is 26.6. The van der Waals surface area contributed by atoms with Crippen molar-refractivity contribution in [3.05, 3.63) is 35.8 Å². The molecule has 0 radical (unpaired) electrons. The van der Waals surface area contributed by atoms with Crippen LogP contribution in [0.25, 0.3) is 0 Å². The summed E-state index contributed by atoms with van der Waals surface area (Å²) < 4.78 is 1.90. The summed E-state index contributed by atoms with van der Waals surface area (Å²) in [5.41, 5.74) is 8.02. The van der Waals surface area contributed by atoms with E-state index in [9.17, 15) is 4.79 Å². The molecular weight excluding hydrogens is 436 g/mol. The van der Waals surface area contributed by atoms with Crippen LogP contribution in [0.1, 0.15) is 27.2 Å². The van der Waals surface area contributed by atoms with Gasteiger partial charge in [0.05, 0.1) is 0 Å². The predicted octanol–water partition coefficient (Wildman–Crippen LogP) is 2.83. The molecule has 0 amide bonds. The highest BCUT2D eigenvalue weighted by Gasteiger charge is 2.07. The standard InChI is InChI=1S/C18H27N7S.C5H11NO/c1-6-20-16-12-17(26-15-10-8-14(19-4)9-11-15)23-18(25(16)5)22-13(3)24-21-7-2;1-6(2)4-3-5-7/h8-12,19,21H,6-7H2,1-5H3,(H,22,23,24);5H,3-4H2,1-2H3. The van der Waals surface area contributed by atoms with Crippen LogP contribution in [0.2, 0.25) is 0 Å². The second kappa shape index (κ2) is 16.0. The maximum Gasteiger partial charge on any atom is 0.233 e. The Morgan fingerprint density at radius 3 is 2.45 bits per heavy atom. The number of carbonyl (C=O) groups excluding carboxylic acids is 1. The van der Waals surface area contributed by atoms with Crippen molar-refractivity contribution in [3.63, 3.8) is 0 Å². The second-order valence-corrected chi connectivity index (χ2v) is 8.37. The van der Waals surface area contributed by atoms with Crippen LogP contribution in [-0.2, 0) is 11.8 Å². The molecule has 0 bridgehead atoms. The fraction of sp³-hybridized carbons (Fsp3) is 0.478. The van der Waals surface area contributed by atoms with Crippen LogP contribution in [0.4, 0.5) is 11.6 Å². The minimum Gasteiger partial charge on any atom is -0.388 e. The van der Waals surface area contributed by atoms with Crippen LogP contribution in [0.3, 0.4) is 0 Å². The smallest absolute Gasteiger partial charge is 0.233 e. The van der Waals surface area contributed by atoms with E-state index in [1.807, 2.05) is 76.6 Å². The Balaban J connectivity index is 0.000000675.